The molecule has 7 aromatic rings. The fourth-order valence-electron chi connectivity index (χ4n) is 7.61. The van der Waals surface area contributed by atoms with Gasteiger partial charge in [-0.2, -0.15) is 0 Å². The first kappa shape index (κ1) is 34.8. The van der Waals surface area contributed by atoms with Crippen LogP contribution < -0.4 is 31.3 Å². The minimum atomic E-state index is -2.37. The zero-order valence-electron chi connectivity index (χ0n) is 29.5. The average Bonchev–Trinajstić information content (AvgIpc) is 3.67. The fraction of sp³-hybridized carbons (Fsp3) is 0.109. The SMILES string of the molecule is O=C(O)c1ccc(N2N=C(c3cc4ccc(OCCC[PH](c5ccccc5)(c5ccccc5)c5ccccc5)cc4oc3=O)CC2c2ccccc2)cc1. The van der Waals surface area contributed by atoms with Crippen LogP contribution in [-0.4, -0.2) is 29.6 Å². The normalized spacial score (nSPS) is 14.5. The van der Waals surface area contributed by atoms with Crippen molar-refractivity contribution in [2.45, 2.75) is 18.9 Å². The summed E-state index contributed by atoms with van der Waals surface area (Å²) < 4.78 is 12.2. The van der Waals surface area contributed by atoms with E-state index in [0.717, 1.165) is 29.2 Å². The molecule has 268 valence electrons. The van der Waals surface area contributed by atoms with Gasteiger partial charge < -0.3 is 5.11 Å². The van der Waals surface area contributed by atoms with Gasteiger partial charge in [0.1, 0.15) is 0 Å². The van der Waals surface area contributed by atoms with E-state index in [1.165, 1.54) is 15.9 Å². The van der Waals surface area contributed by atoms with Gasteiger partial charge in [-0.3, -0.25) is 5.01 Å². The molecule has 6 aromatic carbocycles. The molecule has 0 bridgehead atoms. The van der Waals surface area contributed by atoms with Crippen molar-refractivity contribution in [2.75, 3.05) is 17.8 Å². The first-order valence-electron chi connectivity index (χ1n) is 18.1. The zero-order chi connectivity index (χ0) is 36.9. The van der Waals surface area contributed by atoms with Gasteiger partial charge in [-0.1, -0.05) is 30.3 Å². The van der Waals surface area contributed by atoms with Crippen LogP contribution in [0.4, 0.5) is 5.69 Å². The van der Waals surface area contributed by atoms with Gasteiger partial charge >= 0.3 is 223 Å². The van der Waals surface area contributed by atoms with Crippen LogP contribution >= 0.6 is 7.26 Å². The molecular weight excluding hydrogens is 691 g/mol. The Hall–Kier alpha value is -6.30. The molecule has 0 saturated carbocycles. The Bertz CT molecular complexity index is 2370. The third-order valence-corrected chi connectivity index (χ3v) is 15.3. The zero-order valence-corrected chi connectivity index (χ0v) is 30.5. The summed E-state index contributed by atoms with van der Waals surface area (Å²) >= 11 is 0. The van der Waals surface area contributed by atoms with E-state index in [2.05, 4.69) is 91.0 Å². The molecule has 1 aliphatic heterocycles. The Morgan fingerprint density at radius 3 is 1.89 bits per heavy atom. The van der Waals surface area contributed by atoms with Crippen molar-refractivity contribution in [3.8, 4) is 5.75 Å². The summed E-state index contributed by atoms with van der Waals surface area (Å²) in [6.45, 7) is 0.510. The van der Waals surface area contributed by atoms with Gasteiger partial charge in [0.15, 0.2) is 0 Å². The van der Waals surface area contributed by atoms with Crippen LogP contribution in [0.25, 0.3) is 11.0 Å². The Balaban J connectivity index is 1.03. The molecular formula is C46H39N2O5P. The van der Waals surface area contributed by atoms with Crippen molar-refractivity contribution in [1.29, 1.82) is 0 Å². The second-order valence-electron chi connectivity index (χ2n) is 13.5. The second-order valence-corrected chi connectivity index (χ2v) is 17.5. The van der Waals surface area contributed by atoms with Crippen molar-refractivity contribution in [3.63, 3.8) is 0 Å². The van der Waals surface area contributed by atoms with Gasteiger partial charge in [0.25, 0.3) is 0 Å². The van der Waals surface area contributed by atoms with E-state index in [-0.39, 0.29) is 11.6 Å². The molecule has 7 nitrogen and oxygen atoms in total. The Kier molecular flexibility index (Phi) is 9.89. The van der Waals surface area contributed by atoms with E-state index in [1.54, 1.807) is 30.3 Å². The number of hydrogen-bond acceptors (Lipinski definition) is 6. The topological polar surface area (TPSA) is 92.3 Å². The average molecular weight is 731 g/mol. The van der Waals surface area contributed by atoms with Gasteiger partial charge in [0.05, 0.1) is 17.3 Å². The molecule has 8 rings (SSSR count). The van der Waals surface area contributed by atoms with Crippen LogP contribution in [0.1, 0.15) is 40.4 Å². The molecule has 1 atom stereocenters. The van der Waals surface area contributed by atoms with Crippen molar-refractivity contribution in [3.05, 3.63) is 197 Å². The molecule has 2 heterocycles. The van der Waals surface area contributed by atoms with Gasteiger partial charge in [-0.25, -0.2) is 4.79 Å². The van der Waals surface area contributed by atoms with Crippen molar-refractivity contribution in [2.24, 2.45) is 5.10 Å². The van der Waals surface area contributed by atoms with E-state index >= 15 is 0 Å². The summed E-state index contributed by atoms with van der Waals surface area (Å²) in [7, 11) is -2.37. The van der Waals surface area contributed by atoms with Crippen LogP contribution in [0.15, 0.2) is 184 Å². The van der Waals surface area contributed by atoms with Gasteiger partial charge in [0.2, 0.25) is 0 Å². The van der Waals surface area contributed by atoms with Crippen LogP contribution in [0.5, 0.6) is 5.75 Å². The molecule has 0 aliphatic carbocycles. The molecule has 0 spiro atoms. The third kappa shape index (κ3) is 6.94. The van der Waals surface area contributed by atoms with Crippen molar-refractivity contribution < 1.29 is 19.1 Å². The third-order valence-electron chi connectivity index (χ3n) is 10.3. The molecule has 54 heavy (non-hydrogen) atoms. The number of aromatic carboxylic acids is 1. The first-order chi connectivity index (χ1) is 26.5. The number of carbonyl (C=O) groups is 1. The van der Waals surface area contributed by atoms with E-state index in [1.807, 2.05) is 53.5 Å². The van der Waals surface area contributed by atoms with Gasteiger partial charge in [-0.15, -0.1) is 0 Å². The summed E-state index contributed by atoms with van der Waals surface area (Å²) in [5, 5.41) is 21.0. The van der Waals surface area contributed by atoms with Gasteiger partial charge in [-0.05, 0) is 29.8 Å². The number of fused-ring (bicyclic) bond motifs is 1. The standard InChI is InChI=1S/C46H39N2O5P/c49-45(50)34-22-25-36(26-23-34)48-43(33-14-5-1-6-15-33)32-42(47-48)41-30-35-24-27-37(31-44(35)53-46(41)51)52-28-13-29-54(38-16-7-2-8-17-38,39-18-9-3-10-19-39)40-20-11-4-12-21-40/h1-12,14-27,30-31,43,54H,13,28-29,32H2,(H,49,50). The number of hydrogen-bond donors (Lipinski definition) is 1. The number of carboxylic acids is 1. The summed E-state index contributed by atoms with van der Waals surface area (Å²) in [5.74, 6) is -0.352. The van der Waals surface area contributed by atoms with Crippen molar-refractivity contribution in [1.82, 2.24) is 0 Å². The Labute approximate surface area is 314 Å². The van der Waals surface area contributed by atoms with Crippen molar-refractivity contribution >= 4 is 51.5 Å². The summed E-state index contributed by atoms with van der Waals surface area (Å²) in [6.07, 6.45) is 2.27. The minimum Gasteiger partial charge on any atom is -0.0622 e. The van der Waals surface area contributed by atoms with E-state index in [4.69, 9.17) is 14.3 Å². The molecule has 0 fully saturated rings. The smallest absolute Gasteiger partial charge is 0.0622 e. The second kappa shape index (κ2) is 15.4. The number of anilines is 1. The Morgan fingerprint density at radius 1 is 0.741 bits per heavy atom. The molecule has 0 radical (unpaired) electrons. The summed E-state index contributed by atoms with van der Waals surface area (Å²) in [6, 6.07) is 56.4. The number of carboxylic acid groups (broad SMARTS) is 1. The first-order valence-corrected chi connectivity index (χ1v) is 20.3. The van der Waals surface area contributed by atoms with Crippen LogP contribution in [0, 0.1) is 0 Å². The number of hydrazone groups is 1. The van der Waals surface area contributed by atoms with Gasteiger partial charge in [0, 0.05) is 0 Å². The fourth-order valence-corrected chi connectivity index (χ4v) is 12.4. The predicted octanol–water partition coefficient (Wildman–Crippen LogP) is 8.34. The predicted molar refractivity (Wildman–Crippen MR) is 220 cm³/mol. The van der Waals surface area contributed by atoms with Crippen LogP contribution in [0.3, 0.4) is 0 Å². The molecule has 0 amide bonds. The minimum absolute atomic E-state index is 0.185. The van der Waals surface area contributed by atoms with E-state index in [9.17, 15) is 14.7 Å². The number of nitrogens with zero attached hydrogens (tertiary/aromatic N) is 2. The maximum absolute atomic E-state index is 13.5. The van der Waals surface area contributed by atoms with Crippen LogP contribution in [0.2, 0.25) is 0 Å². The molecule has 8 heteroatoms. The van der Waals surface area contributed by atoms with Crippen LogP contribution in [-0.2, 0) is 0 Å². The maximum atomic E-state index is 13.5. The molecule has 0 saturated heterocycles. The molecule has 1 N–H and O–H groups in total. The quantitative estimate of drug-likeness (QED) is 0.0773. The molecule has 1 aliphatic rings. The Morgan fingerprint density at radius 2 is 1.31 bits per heavy atom. The summed E-state index contributed by atoms with van der Waals surface area (Å²) in [5.41, 5.74) is 2.92. The number of rotatable bonds is 12. The van der Waals surface area contributed by atoms with E-state index in [0.29, 0.717) is 35.6 Å². The summed E-state index contributed by atoms with van der Waals surface area (Å²) in [4.78, 5) is 25.0. The van der Waals surface area contributed by atoms with E-state index < -0.39 is 18.9 Å². The molecule has 1 aromatic heterocycles. The number of benzene rings is 6. The molecule has 1 unspecified atom stereocenters. The number of ether oxygens (including phenoxy) is 1. The monoisotopic (exact) mass is 730 g/mol.